The van der Waals surface area contributed by atoms with Gasteiger partial charge in [-0.1, -0.05) is 25.3 Å². The minimum absolute atomic E-state index is 0.213. The Morgan fingerprint density at radius 2 is 2.00 bits per heavy atom. The van der Waals surface area contributed by atoms with Gasteiger partial charge < -0.3 is 5.73 Å². The van der Waals surface area contributed by atoms with E-state index in [4.69, 9.17) is 5.73 Å². The molecule has 1 aromatic heterocycles. The molecule has 0 unspecified atom stereocenters. The first-order valence-electron chi connectivity index (χ1n) is 7.35. The van der Waals surface area contributed by atoms with E-state index in [-0.39, 0.29) is 11.2 Å². The molecule has 0 radical (unpaired) electrons. The first-order valence-corrected chi connectivity index (χ1v) is 7.35. The van der Waals surface area contributed by atoms with Crippen LogP contribution >= 0.6 is 0 Å². The summed E-state index contributed by atoms with van der Waals surface area (Å²) in [5.74, 6) is 0.213. The number of hydrogen-bond donors (Lipinski definition) is 1. The molecule has 1 saturated carbocycles. The number of nitrogens with zero attached hydrogens (tertiary/aromatic N) is 1. The topological polar surface area (TPSA) is 56.0 Å². The Hall–Kier alpha value is -1.74. The lowest BCUT2D eigenvalue weighted by atomic mass is 9.69. The van der Waals surface area contributed by atoms with Crippen LogP contribution in [0.25, 0.3) is 10.9 Å². The third-order valence-corrected chi connectivity index (χ3v) is 4.55. The van der Waals surface area contributed by atoms with Crippen molar-refractivity contribution in [2.45, 2.75) is 32.1 Å². The number of carbonyl (C=O) groups excluding carboxylic acids is 1. The third-order valence-electron chi connectivity index (χ3n) is 4.55. The van der Waals surface area contributed by atoms with Gasteiger partial charge in [0.15, 0.2) is 5.78 Å². The van der Waals surface area contributed by atoms with Crippen LogP contribution in [0.3, 0.4) is 0 Å². The Balaban J connectivity index is 1.98. The van der Waals surface area contributed by atoms with Crippen LogP contribution in [0.2, 0.25) is 0 Å². The number of fused-ring (bicyclic) bond motifs is 1. The van der Waals surface area contributed by atoms with Gasteiger partial charge in [-0.25, -0.2) is 0 Å². The number of rotatable bonds is 3. The highest BCUT2D eigenvalue weighted by Gasteiger charge is 2.38. The van der Waals surface area contributed by atoms with Gasteiger partial charge in [0.1, 0.15) is 0 Å². The zero-order valence-electron chi connectivity index (χ0n) is 11.6. The van der Waals surface area contributed by atoms with Crippen LogP contribution < -0.4 is 5.73 Å². The summed E-state index contributed by atoms with van der Waals surface area (Å²) in [6.07, 6.45) is 7.06. The summed E-state index contributed by atoms with van der Waals surface area (Å²) in [7, 11) is 0. The maximum Gasteiger partial charge on any atom is 0.170 e. The third kappa shape index (κ3) is 2.22. The zero-order valence-corrected chi connectivity index (χ0v) is 11.6. The van der Waals surface area contributed by atoms with Gasteiger partial charge in [0, 0.05) is 29.1 Å². The molecule has 1 heterocycles. The number of Topliss-reactive ketones (excluding diaryl/α,β-unsaturated/α-hetero) is 1. The van der Waals surface area contributed by atoms with Crippen molar-refractivity contribution < 1.29 is 4.79 Å². The fourth-order valence-corrected chi connectivity index (χ4v) is 3.28. The lowest BCUT2D eigenvalue weighted by Gasteiger charge is -2.34. The maximum atomic E-state index is 12.9. The van der Waals surface area contributed by atoms with Crippen LogP contribution in [-0.2, 0) is 0 Å². The smallest absolute Gasteiger partial charge is 0.170 e. The second kappa shape index (κ2) is 5.33. The summed E-state index contributed by atoms with van der Waals surface area (Å²) in [5, 5.41) is 1.02. The van der Waals surface area contributed by atoms with Crippen molar-refractivity contribution in [3.8, 4) is 0 Å². The molecule has 1 aromatic carbocycles. The molecule has 2 N–H and O–H groups in total. The summed E-state index contributed by atoms with van der Waals surface area (Å²) in [4.78, 5) is 17.2. The van der Waals surface area contributed by atoms with Crippen molar-refractivity contribution in [1.29, 1.82) is 0 Å². The second-order valence-corrected chi connectivity index (χ2v) is 5.79. The normalized spacial score (nSPS) is 18.1. The zero-order chi connectivity index (χ0) is 14.0. The molecule has 3 heteroatoms. The molecule has 3 nitrogen and oxygen atoms in total. The summed E-state index contributed by atoms with van der Waals surface area (Å²) in [5.41, 5.74) is 7.32. The van der Waals surface area contributed by atoms with Gasteiger partial charge in [0.25, 0.3) is 0 Å². The average Bonchev–Trinajstić information content (AvgIpc) is 2.54. The molecule has 1 aliphatic carbocycles. The summed E-state index contributed by atoms with van der Waals surface area (Å²) in [6, 6.07) is 9.67. The summed E-state index contributed by atoms with van der Waals surface area (Å²) in [6.45, 7) is 0.455. The lowest BCUT2D eigenvalue weighted by molar-refractivity contribution is 0.0729. The van der Waals surface area contributed by atoms with Crippen LogP contribution in [0.1, 0.15) is 42.5 Å². The maximum absolute atomic E-state index is 12.9. The first kappa shape index (κ1) is 13.3. The highest BCUT2D eigenvalue weighted by Crippen LogP contribution is 2.38. The summed E-state index contributed by atoms with van der Waals surface area (Å²) >= 11 is 0. The molecule has 0 aliphatic heterocycles. The molecule has 1 aliphatic rings. The molecule has 0 atom stereocenters. The predicted octanol–water partition coefficient (Wildman–Crippen LogP) is 3.33. The van der Waals surface area contributed by atoms with E-state index in [0.717, 1.165) is 42.1 Å². The number of ketones is 1. The van der Waals surface area contributed by atoms with E-state index < -0.39 is 0 Å². The van der Waals surface area contributed by atoms with E-state index in [1.54, 1.807) is 6.20 Å². The van der Waals surface area contributed by atoms with Gasteiger partial charge in [0.05, 0.1) is 5.52 Å². The number of aromatic nitrogens is 1. The first-order chi connectivity index (χ1) is 9.75. The summed E-state index contributed by atoms with van der Waals surface area (Å²) < 4.78 is 0. The largest absolute Gasteiger partial charge is 0.329 e. The molecule has 0 saturated heterocycles. The second-order valence-electron chi connectivity index (χ2n) is 5.79. The molecular weight excluding hydrogens is 248 g/mol. The SMILES string of the molecule is NCC1(C(=O)c2ccc3ncccc3c2)CCCCC1. The molecule has 0 bridgehead atoms. The predicted molar refractivity (Wildman–Crippen MR) is 80.6 cm³/mol. The highest BCUT2D eigenvalue weighted by molar-refractivity contribution is 6.03. The monoisotopic (exact) mass is 268 g/mol. The van der Waals surface area contributed by atoms with E-state index in [9.17, 15) is 4.79 Å². The highest BCUT2D eigenvalue weighted by atomic mass is 16.1. The van der Waals surface area contributed by atoms with Crippen molar-refractivity contribution in [1.82, 2.24) is 4.98 Å². The Labute approximate surface area is 119 Å². The van der Waals surface area contributed by atoms with E-state index in [2.05, 4.69) is 4.98 Å². The fourth-order valence-electron chi connectivity index (χ4n) is 3.28. The van der Waals surface area contributed by atoms with Gasteiger partial charge >= 0.3 is 0 Å². The van der Waals surface area contributed by atoms with Crippen molar-refractivity contribution in [2.75, 3.05) is 6.54 Å². The lowest BCUT2D eigenvalue weighted by Crippen LogP contribution is -2.40. The van der Waals surface area contributed by atoms with Crippen LogP contribution in [0.5, 0.6) is 0 Å². The van der Waals surface area contributed by atoms with Gasteiger partial charge in [-0.15, -0.1) is 0 Å². The van der Waals surface area contributed by atoms with E-state index in [1.165, 1.54) is 6.42 Å². The number of nitrogens with two attached hydrogens (primary N) is 1. The number of pyridine rings is 1. The van der Waals surface area contributed by atoms with Crippen molar-refractivity contribution in [3.05, 3.63) is 42.1 Å². The molecule has 0 amide bonds. The Bertz CT molecular complexity index is 630. The quantitative estimate of drug-likeness (QED) is 0.869. The minimum Gasteiger partial charge on any atom is -0.329 e. The Kier molecular flexibility index (Phi) is 3.53. The van der Waals surface area contributed by atoms with Gasteiger partial charge in [-0.2, -0.15) is 0 Å². The Morgan fingerprint density at radius 3 is 2.75 bits per heavy atom. The van der Waals surface area contributed by atoms with Gasteiger partial charge in [0.2, 0.25) is 0 Å². The molecule has 0 spiro atoms. The number of hydrogen-bond acceptors (Lipinski definition) is 3. The van der Waals surface area contributed by atoms with Crippen molar-refractivity contribution >= 4 is 16.7 Å². The van der Waals surface area contributed by atoms with Crippen LogP contribution in [0.15, 0.2) is 36.5 Å². The van der Waals surface area contributed by atoms with E-state index in [0.29, 0.717) is 6.54 Å². The molecular formula is C17H20N2O. The molecule has 104 valence electrons. The molecule has 1 fully saturated rings. The number of benzene rings is 1. The van der Waals surface area contributed by atoms with Crippen molar-refractivity contribution in [3.63, 3.8) is 0 Å². The van der Waals surface area contributed by atoms with Crippen molar-refractivity contribution in [2.24, 2.45) is 11.1 Å². The van der Waals surface area contributed by atoms with Crippen LogP contribution in [0, 0.1) is 5.41 Å². The molecule has 20 heavy (non-hydrogen) atoms. The van der Waals surface area contributed by atoms with Crippen LogP contribution in [0.4, 0.5) is 0 Å². The molecule has 2 aromatic rings. The number of carbonyl (C=O) groups is 1. The average molecular weight is 268 g/mol. The van der Waals surface area contributed by atoms with Gasteiger partial charge in [-0.3, -0.25) is 9.78 Å². The van der Waals surface area contributed by atoms with Gasteiger partial charge in [-0.05, 0) is 37.1 Å². The fraction of sp³-hybridized carbons (Fsp3) is 0.412. The van der Waals surface area contributed by atoms with Crippen LogP contribution in [-0.4, -0.2) is 17.3 Å². The molecule has 3 rings (SSSR count). The Morgan fingerprint density at radius 1 is 1.20 bits per heavy atom. The van der Waals surface area contributed by atoms with E-state index >= 15 is 0 Å². The minimum atomic E-state index is -0.339. The standard InChI is InChI=1S/C17H20N2O/c18-12-17(8-2-1-3-9-17)16(20)14-6-7-15-13(11-14)5-4-10-19-15/h4-7,10-11H,1-3,8-9,12,18H2. The van der Waals surface area contributed by atoms with E-state index in [1.807, 2.05) is 30.3 Å².